The highest BCUT2D eigenvalue weighted by atomic mass is 16.1. The molecule has 2 heterocycles. The van der Waals surface area contributed by atoms with Crippen LogP contribution in [0.25, 0.3) is 5.65 Å². The van der Waals surface area contributed by atoms with E-state index in [1.165, 1.54) is 0 Å². The van der Waals surface area contributed by atoms with Crippen LogP contribution >= 0.6 is 0 Å². The molecule has 0 radical (unpaired) electrons. The van der Waals surface area contributed by atoms with Crippen LogP contribution < -0.4 is 10.6 Å². The zero-order chi connectivity index (χ0) is 11.4. The van der Waals surface area contributed by atoms with Crippen molar-refractivity contribution in [2.45, 2.75) is 6.42 Å². The van der Waals surface area contributed by atoms with Gasteiger partial charge < -0.3 is 10.6 Å². The van der Waals surface area contributed by atoms with Crippen molar-refractivity contribution >= 4 is 17.4 Å². The molecule has 0 atom stereocenters. The Morgan fingerprint density at radius 2 is 2.31 bits per heavy atom. The molecule has 0 unspecified atom stereocenters. The number of hydrogen-bond acceptors (Lipinski definition) is 4. The summed E-state index contributed by atoms with van der Waals surface area (Å²) >= 11 is 0. The minimum atomic E-state index is -0.0441. The number of amides is 1. The second-order valence-corrected chi connectivity index (χ2v) is 3.33. The van der Waals surface area contributed by atoms with Crippen LogP contribution in [-0.4, -0.2) is 34.1 Å². The van der Waals surface area contributed by atoms with E-state index in [4.69, 9.17) is 0 Å². The third-order valence-corrected chi connectivity index (χ3v) is 2.16. The SMILES string of the molecule is CNCCC(=O)Nc1ccnc2ccnn12. The molecule has 2 rings (SSSR count). The first-order valence-electron chi connectivity index (χ1n) is 5.04. The number of rotatable bonds is 4. The van der Waals surface area contributed by atoms with Gasteiger partial charge in [0, 0.05) is 25.2 Å². The van der Waals surface area contributed by atoms with E-state index >= 15 is 0 Å². The molecular formula is C10H13N5O. The van der Waals surface area contributed by atoms with E-state index in [-0.39, 0.29) is 5.91 Å². The van der Waals surface area contributed by atoms with Gasteiger partial charge in [-0.05, 0) is 13.1 Å². The lowest BCUT2D eigenvalue weighted by Gasteiger charge is -2.06. The number of nitrogens with zero attached hydrogens (tertiary/aromatic N) is 3. The van der Waals surface area contributed by atoms with Gasteiger partial charge in [0.1, 0.15) is 5.82 Å². The second kappa shape index (κ2) is 4.71. The molecule has 16 heavy (non-hydrogen) atoms. The molecule has 2 aromatic rings. The molecule has 6 heteroatoms. The first-order valence-corrected chi connectivity index (χ1v) is 5.04. The molecule has 0 aliphatic carbocycles. The second-order valence-electron chi connectivity index (χ2n) is 3.33. The van der Waals surface area contributed by atoms with Gasteiger partial charge in [-0.15, -0.1) is 0 Å². The summed E-state index contributed by atoms with van der Waals surface area (Å²) in [5, 5.41) is 9.78. The van der Waals surface area contributed by atoms with Gasteiger partial charge in [-0.1, -0.05) is 0 Å². The fourth-order valence-corrected chi connectivity index (χ4v) is 1.37. The fourth-order valence-electron chi connectivity index (χ4n) is 1.37. The van der Waals surface area contributed by atoms with E-state index in [1.807, 2.05) is 7.05 Å². The normalized spacial score (nSPS) is 10.6. The Bertz CT molecular complexity index is 493. The zero-order valence-corrected chi connectivity index (χ0v) is 8.97. The van der Waals surface area contributed by atoms with Gasteiger partial charge in [-0.2, -0.15) is 9.61 Å². The van der Waals surface area contributed by atoms with E-state index in [9.17, 15) is 4.79 Å². The predicted molar refractivity (Wildman–Crippen MR) is 60.2 cm³/mol. The lowest BCUT2D eigenvalue weighted by atomic mass is 10.4. The Hall–Kier alpha value is -1.95. The average Bonchev–Trinajstić information content (AvgIpc) is 2.75. The molecule has 0 spiro atoms. The lowest BCUT2D eigenvalue weighted by molar-refractivity contribution is -0.116. The van der Waals surface area contributed by atoms with Crippen LogP contribution in [0.1, 0.15) is 6.42 Å². The number of hydrogen-bond donors (Lipinski definition) is 2. The van der Waals surface area contributed by atoms with Crippen molar-refractivity contribution in [1.29, 1.82) is 0 Å². The van der Waals surface area contributed by atoms with Crippen molar-refractivity contribution in [2.75, 3.05) is 18.9 Å². The Morgan fingerprint density at radius 1 is 1.44 bits per heavy atom. The van der Waals surface area contributed by atoms with Gasteiger partial charge in [-0.3, -0.25) is 4.79 Å². The maximum Gasteiger partial charge on any atom is 0.226 e. The van der Waals surface area contributed by atoms with Gasteiger partial charge in [0.05, 0.1) is 6.20 Å². The summed E-state index contributed by atoms with van der Waals surface area (Å²) in [5.74, 6) is 0.591. The Kier molecular flexibility index (Phi) is 3.11. The lowest BCUT2D eigenvalue weighted by Crippen LogP contribution is -2.20. The maximum absolute atomic E-state index is 11.5. The smallest absolute Gasteiger partial charge is 0.226 e. The predicted octanol–water partition coefficient (Wildman–Crippen LogP) is 0.277. The van der Waals surface area contributed by atoms with E-state index < -0.39 is 0 Å². The topological polar surface area (TPSA) is 71.3 Å². The number of carbonyl (C=O) groups excluding carboxylic acids is 1. The summed E-state index contributed by atoms with van der Waals surface area (Å²) in [7, 11) is 1.81. The summed E-state index contributed by atoms with van der Waals surface area (Å²) < 4.78 is 1.59. The van der Waals surface area contributed by atoms with Crippen LogP contribution in [-0.2, 0) is 4.79 Å². The fraction of sp³-hybridized carbons (Fsp3) is 0.300. The number of carbonyl (C=O) groups is 1. The van der Waals surface area contributed by atoms with Crippen molar-refractivity contribution in [1.82, 2.24) is 19.9 Å². The van der Waals surface area contributed by atoms with Crippen LogP contribution in [0.5, 0.6) is 0 Å². The van der Waals surface area contributed by atoms with Crippen molar-refractivity contribution in [3.8, 4) is 0 Å². The van der Waals surface area contributed by atoms with Gasteiger partial charge in [0.2, 0.25) is 5.91 Å². The molecule has 0 bridgehead atoms. The van der Waals surface area contributed by atoms with Crippen molar-refractivity contribution in [3.63, 3.8) is 0 Å². The Balaban J connectivity index is 2.14. The minimum absolute atomic E-state index is 0.0441. The molecule has 2 N–H and O–H groups in total. The van der Waals surface area contributed by atoms with Gasteiger partial charge >= 0.3 is 0 Å². The van der Waals surface area contributed by atoms with Crippen molar-refractivity contribution in [2.24, 2.45) is 0 Å². The molecule has 84 valence electrons. The van der Waals surface area contributed by atoms with Crippen molar-refractivity contribution in [3.05, 3.63) is 24.5 Å². The molecule has 0 aliphatic rings. The zero-order valence-electron chi connectivity index (χ0n) is 8.97. The molecule has 0 fully saturated rings. The molecular weight excluding hydrogens is 206 g/mol. The van der Waals surface area contributed by atoms with Crippen LogP contribution in [0.4, 0.5) is 5.82 Å². The Morgan fingerprint density at radius 3 is 3.12 bits per heavy atom. The van der Waals surface area contributed by atoms with E-state index in [2.05, 4.69) is 20.7 Å². The first kappa shape index (κ1) is 10.6. The van der Waals surface area contributed by atoms with Crippen molar-refractivity contribution < 1.29 is 4.79 Å². The standard InChI is InChI=1S/C10H13N5O/c1-11-5-4-10(16)14-9-2-6-12-8-3-7-13-15(8)9/h2-3,6-7,11H,4-5H2,1H3,(H,14,16). The molecule has 1 amide bonds. The molecule has 2 aromatic heterocycles. The summed E-state index contributed by atoms with van der Waals surface area (Å²) in [6, 6.07) is 3.50. The van der Waals surface area contributed by atoms with Gasteiger partial charge in [-0.25, -0.2) is 4.98 Å². The Labute approximate surface area is 92.7 Å². The van der Waals surface area contributed by atoms with E-state index in [1.54, 1.807) is 29.0 Å². The van der Waals surface area contributed by atoms with Crippen LogP contribution in [0.3, 0.4) is 0 Å². The van der Waals surface area contributed by atoms with Gasteiger partial charge in [0.15, 0.2) is 5.65 Å². The van der Waals surface area contributed by atoms with E-state index in [0.717, 1.165) is 0 Å². The van der Waals surface area contributed by atoms with Crippen LogP contribution in [0, 0.1) is 0 Å². The quantitative estimate of drug-likeness (QED) is 0.774. The highest BCUT2D eigenvalue weighted by Gasteiger charge is 2.05. The molecule has 6 nitrogen and oxygen atoms in total. The molecule has 0 aromatic carbocycles. The molecule has 0 saturated heterocycles. The number of aromatic nitrogens is 3. The third-order valence-electron chi connectivity index (χ3n) is 2.16. The minimum Gasteiger partial charge on any atom is -0.319 e. The summed E-state index contributed by atoms with van der Waals surface area (Å²) in [4.78, 5) is 15.6. The van der Waals surface area contributed by atoms with Crippen LogP contribution in [0.2, 0.25) is 0 Å². The largest absolute Gasteiger partial charge is 0.319 e. The third kappa shape index (κ3) is 2.17. The number of anilines is 1. The highest BCUT2D eigenvalue weighted by Crippen LogP contribution is 2.08. The van der Waals surface area contributed by atoms with E-state index in [0.29, 0.717) is 24.4 Å². The number of nitrogens with one attached hydrogen (secondary N) is 2. The maximum atomic E-state index is 11.5. The highest BCUT2D eigenvalue weighted by molar-refractivity contribution is 5.90. The summed E-state index contributed by atoms with van der Waals surface area (Å²) in [6.45, 7) is 0.652. The first-order chi connectivity index (χ1) is 7.81. The summed E-state index contributed by atoms with van der Waals surface area (Å²) in [6.07, 6.45) is 3.72. The van der Waals surface area contributed by atoms with Crippen LogP contribution in [0.15, 0.2) is 24.5 Å². The summed E-state index contributed by atoms with van der Waals surface area (Å²) in [5.41, 5.74) is 0.714. The molecule has 0 aliphatic heterocycles. The monoisotopic (exact) mass is 219 g/mol. The molecule has 0 saturated carbocycles. The average molecular weight is 219 g/mol. The number of fused-ring (bicyclic) bond motifs is 1. The van der Waals surface area contributed by atoms with Gasteiger partial charge in [0.25, 0.3) is 0 Å².